The van der Waals surface area contributed by atoms with Gasteiger partial charge in [0.05, 0.1) is 11.0 Å². The summed E-state index contributed by atoms with van der Waals surface area (Å²) in [5.74, 6) is 0.751. The van der Waals surface area contributed by atoms with Crippen LogP contribution in [0.3, 0.4) is 0 Å². The average Bonchev–Trinajstić information content (AvgIpc) is 3.40. The molecule has 1 heterocycles. The third-order valence-electron chi connectivity index (χ3n) is 4.64. The molecule has 1 fully saturated rings. The molecule has 0 radical (unpaired) electrons. The van der Waals surface area contributed by atoms with Gasteiger partial charge in [0, 0.05) is 39.3 Å². The first kappa shape index (κ1) is 17.7. The van der Waals surface area contributed by atoms with Gasteiger partial charge in [0.25, 0.3) is 0 Å². The van der Waals surface area contributed by atoms with E-state index in [1.807, 2.05) is 31.2 Å². The van der Waals surface area contributed by atoms with Crippen molar-refractivity contribution in [3.05, 3.63) is 34.7 Å². The second-order valence-corrected chi connectivity index (χ2v) is 6.64. The molecular formula is C19H27N3O3. The van der Waals surface area contributed by atoms with E-state index in [-0.39, 0.29) is 11.6 Å². The number of aromatic nitrogens is 2. The molecule has 0 bridgehead atoms. The molecule has 2 aromatic rings. The molecule has 1 aromatic carbocycles. The van der Waals surface area contributed by atoms with Crippen LogP contribution in [-0.4, -0.2) is 34.8 Å². The quantitative estimate of drug-likeness (QED) is 0.671. The lowest BCUT2D eigenvalue weighted by Crippen LogP contribution is -2.29. The van der Waals surface area contributed by atoms with Crippen LogP contribution in [0.1, 0.15) is 32.6 Å². The number of hydrogen-bond donors (Lipinski definition) is 1. The molecule has 0 unspecified atom stereocenters. The minimum Gasteiger partial charge on any atom is -0.381 e. The standard InChI is InChI=1S/C19H27N3O3/c1-2-21-16-6-3-4-7-17(16)22(19(21)24)12-10-18(23)20-11-5-13-25-14-15-8-9-15/h3-4,6-7,15H,2,5,8-14H2,1H3,(H,20,23). The molecule has 0 aliphatic heterocycles. The van der Waals surface area contributed by atoms with Gasteiger partial charge in [0.15, 0.2) is 0 Å². The summed E-state index contributed by atoms with van der Waals surface area (Å²) in [5.41, 5.74) is 1.75. The summed E-state index contributed by atoms with van der Waals surface area (Å²) in [5, 5.41) is 2.90. The van der Waals surface area contributed by atoms with Crippen molar-refractivity contribution in [2.24, 2.45) is 5.92 Å². The highest BCUT2D eigenvalue weighted by atomic mass is 16.5. The molecule has 6 nitrogen and oxygen atoms in total. The first-order chi connectivity index (χ1) is 12.2. The highest BCUT2D eigenvalue weighted by molar-refractivity contribution is 5.77. The number of nitrogens with zero attached hydrogens (tertiary/aromatic N) is 2. The SMILES string of the molecule is CCn1c(=O)n(CCC(=O)NCCCOCC2CC2)c2ccccc21. The summed E-state index contributed by atoms with van der Waals surface area (Å²) in [6.07, 6.45) is 3.73. The van der Waals surface area contributed by atoms with Crippen LogP contribution < -0.4 is 11.0 Å². The van der Waals surface area contributed by atoms with Gasteiger partial charge in [-0.15, -0.1) is 0 Å². The Morgan fingerprint density at radius 2 is 1.96 bits per heavy atom. The number of carbonyl (C=O) groups is 1. The minimum atomic E-state index is -0.0509. The predicted octanol–water partition coefficient (Wildman–Crippen LogP) is 2.15. The Labute approximate surface area is 147 Å². The van der Waals surface area contributed by atoms with E-state index >= 15 is 0 Å². The van der Waals surface area contributed by atoms with Crippen molar-refractivity contribution in [1.29, 1.82) is 0 Å². The Bertz CT molecular complexity index is 774. The Morgan fingerprint density at radius 1 is 1.24 bits per heavy atom. The monoisotopic (exact) mass is 345 g/mol. The maximum atomic E-state index is 12.5. The second kappa shape index (κ2) is 8.34. The summed E-state index contributed by atoms with van der Waals surface area (Å²) in [4.78, 5) is 24.5. The van der Waals surface area contributed by atoms with Crippen LogP contribution in [-0.2, 0) is 22.6 Å². The van der Waals surface area contributed by atoms with E-state index in [1.54, 1.807) is 9.13 Å². The van der Waals surface area contributed by atoms with E-state index in [9.17, 15) is 9.59 Å². The van der Waals surface area contributed by atoms with Crippen molar-refractivity contribution >= 4 is 16.9 Å². The lowest BCUT2D eigenvalue weighted by molar-refractivity contribution is -0.121. The topological polar surface area (TPSA) is 65.3 Å². The summed E-state index contributed by atoms with van der Waals surface area (Å²) >= 11 is 0. The number of carbonyl (C=O) groups excluding carboxylic acids is 1. The number of aryl methyl sites for hydroxylation is 2. The van der Waals surface area contributed by atoms with Gasteiger partial charge in [0.1, 0.15) is 0 Å². The molecule has 25 heavy (non-hydrogen) atoms. The number of nitrogens with one attached hydrogen (secondary N) is 1. The number of imidazole rings is 1. The van der Waals surface area contributed by atoms with Crippen molar-refractivity contribution in [2.45, 2.75) is 45.7 Å². The Morgan fingerprint density at radius 3 is 2.64 bits per heavy atom. The second-order valence-electron chi connectivity index (χ2n) is 6.64. The molecule has 0 spiro atoms. The molecule has 6 heteroatoms. The molecule has 136 valence electrons. The smallest absolute Gasteiger partial charge is 0.329 e. The van der Waals surface area contributed by atoms with Gasteiger partial charge in [0.2, 0.25) is 5.91 Å². The van der Waals surface area contributed by atoms with Crippen LogP contribution in [0.25, 0.3) is 11.0 Å². The summed E-state index contributed by atoms with van der Waals surface area (Å²) in [6, 6.07) is 7.71. The van der Waals surface area contributed by atoms with Crippen molar-refractivity contribution in [3.8, 4) is 0 Å². The van der Waals surface area contributed by atoms with Gasteiger partial charge in [-0.1, -0.05) is 12.1 Å². The fourth-order valence-corrected chi connectivity index (χ4v) is 3.03. The number of para-hydroxylation sites is 2. The lowest BCUT2D eigenvalue weighted by atomic mass is 10.3. The van der Waals surface area contributed by atoms with Crippen LogP contribution in [0.2, 0.25) is 0 Å². The molecule has 1 amide bonds. The van der Waals surface area contributed by atoms with Crippen LogP contribution in [0.5, 0.6) is 0 Å². The fraction of sp³-hybridized carbons (Fsp3) is 0.579. The van der Waals surface area contributed by atoms with Crippen LogP contribution in [0, 0.1) is 5.92 Å². The molecule has 1 N–H and O–H groups in total. The zero-order chi connectivity index (χ0) is 17.6. The molecule has 1 aliphatic carbocycles. The molecular weight excluding hydrogens is 318 g/mol. The molecule has 1 saturated carbocycles. The average molecular weight is 345 g/mol. The lowest BCUT2D eigenvalue weighted by Gasteiger charge is -2.07. The van der Waals surface area contributed by atoms with Gasteiger partial charge >= 0.3 is 5.69 Å². The zero-order valence-corrected chi connectivity index (χ0v) is 14.9. The normalized spacial score (nSPS) is 14.1. The number of hydrogen-bond acceptors (Lipinski definition) is 3. The summed E-state index contributed by atoms with van der Waals surface area (Å²) < 4.78 is 8.98. The Balaban J connectivity index is 1.46. The maximum absolute atomic E-state index is 12.5. The molecule has 0 saturated heterocycles. The number of amides is 1. The van der Waals surface area contributed by atoms with E-state index in [1.165, 1.54) is 12.8 Å². The van der Waals surface area contributed by atoms with Crippen molar-refractivity contribution in [1.82, 2.24) is 14.5 Å². The number of ether oxygens (including phenoxy) is 1. The van der Waals surface area contributed by atoms with Crippen LogP contribution >= 0.6 is 0 Å². The number of benzene rings is 1. The van der Waals surface area contributed by atoms with Gasteiger partial charge < -0.3 is 10.1 Å². The molecule has 3 rings (SSSR count). The van der Waals surface area contributed by atoms with Gasteiger partial charge in [-0.3, -0.25) is 13.9 Å². The summed E-state index contributed by atoms with van der Waals surface area (Å²) in [7, 11) is 0. The Hall–Kier alpha value is -2.08. The van der Waals surface area contributed by atoms with Crippen molar-refractivity contribution in [3.63, 3.8) is 0 Å². The largest absolute Gasteiger partial charge is 0.381 e. The Kier molecular flexibility index (Phi) is 5.91. The third kappa shape index (κ3) is 4.51. The summed E-state index contributed by atoms with van der Waals surface area (Å²) in [6.45, 7) is 5.15. The zero-order valence-electron chi connectivity index (χ0n) is 14.9. The van der Waals surface area contributed by atoms with E-state index in [4.69, 9.17) is 4.74 Å². The fourth-order valence-electron chi connectivity index (χ4n) is 3.03. The van der Waals surface area contributed by atoms with E-state index < -0.39 is 0 Å². The van der Waals surface area contributed by atoms with E-state index in [0.717, 1.165) is 30.0 Å². The van der Waals surface area contributed by atoms with E-state index in [2.05, 4.69) is 5.32 Å². The van der Waals surface area contributed by atoms with Crippen LogP contribution in [0.4, 0.5) is 0 Å². The van der Waals surface area contributed by atoms with Gasteiger partial charge in [-0.2, -0.15) is 0 Å². The predicted molar refractivity (Wildman–Crippen MR) is 97.7 cm³/mol. The number of rotatable bonds is 10. The highest BCUT2D eigenvalue weighted by Crippen LogP contribution is 2.28. The minimum absolute atomic E-state index is 0.0255. The third-order valence-corrected chi connectivity index (χ3v) is 4.64. The van der Waals surface area contributed by atoms with Crippen molar-refractivity contribution < 1.29 is 9.53 Å². The number of fused-ring (bicyclic) bond motifs is 1. The maximum Gasteiger partial charge on any atom is 0.329 e. The van der Waals surface area contributed by atoms with Crippen molar-refractivity contribution in [2.75, 3.05) is 19.8 Å². The molecule has 0 atom stereocenters. The van der Waals surface area contributed by atoms with Crippen LogP contribution in [0.15, 0.2) is 29.1 Å². The molecule has 1 aliphatic rings. The first-order valence-corrected chi connectivity index (χ1v) is 9.23. The molecule has 1 aromatic heterocycles. The van der Waals surface area contributed by atoms with Gasteiger partial charge in [-0.05, 0) is 44.2 Å². The van der Waals surface area contributed by atoms with E-state index in [0.29, 0.717) is 32.7 Å². The van der Waals surface area contributed by atoms with Gasteiger partial charge in [-0.25, -0.2) is 4.79 Å². The first-order valence-electron chi connectivity index (χ1n) is 9.23. The highest BCUT2D eigenvalue weighted by Gasteiger charge is 2.20.